The van der Waals surface area contributed by atoms with E-state index >= 15 is 0 Å². The molecule has 0 radical (unpaired) electrons. The molecule has 1 N–H and O–H groups in total. The Balaban J connectivity index is 1.44. The molecule has 0 aliphatic carbocycles. The van der Waals surface area contributed by atoms with E-state index in [1.54, 1.807) is 19.2 Å². The predicted octanol–water partition coefficient (Wildman–Crippen LogP) is 5.20. The third-order valence-electron chi connectivity index (χ3n) is 5.67. The van der Waals surface area contributed by atoms with Gasteiger partial charge in [0.25, 0.3) is 0 Å². The lowest BCUT2D eigenvalue weighted by molar-refractivity contribution is -0.117. The molecular weight excluding hydrogens is 402 g/mol. The zero-order valence-corrected chi connectivity index (χ0v) is 17.8. The Morgan fingerprint density at radius 2 is 1.75 bits per heavy atom. The Bertz CT molecular complexity index is 1540. The normalized spacial score (nSPS) is 11.7. The molecule has 6 heteroatoms. The molecule has 0 aliphatic rings. The van der Waals surface area contributed by atoms with Crippen molar-refractivity contribution >= 4 is 50.5 Å². The molecule has 0 unspecified atom stereocenters. The number of Topliss-reactive ketones (excluding diaryl/α,β-unsaturated/α-hetero) is 1. The number of amides is 1. The monoisotopic (exact) mass is 423 g/mol. The van der Waals surface area contributed by atoms with Gasteiger partial charge in [0, 0.05) is 27.5 Å². The molecule has 1 amide bonds. The second kappa shape index (κ2) is 7.81. The van der Waals surface area contributed by atoms with Crippen LogP contribution in [0.1, 0.15) is 28.7 Å². The number of hydrogen-bond donors (Lipinski definition) is 1. The summed E-state index contributed by atoms with van der Waals surface area (Å²) in [6.45, 7) is 3.80. The maximum absolute atomic E-state index is 12.7. The van der Waals surface area contributed by atoms with Crippen molar-refractivity contribution in [2.75, 3.05) is 0 Å². The lowest BCUT2D eigenvalue weighted by Crippen LogP contribution is -2.16. The van der Waals surface area contributed by atoms with Gasteiger partial charge in [-0.15, -0.1) is 0 Å². The number of nitrogens with zero attached hydrogens (tertiary/aromatic N) is 2. The highest BCUT2D eigenvalue weighted by Gasteiger charge is 2.15. The number of ketones is 1. The van der Waals surface area contributed by atoms with Crippen LogP contribution in [0.2, 0.25) is 0 Å². The molecule has 0 spiro atoms. The molecule has 5 rings (SSSR count). The van der Waals surface area contributed by atoms with Crippen molar-refractivity contribution in [2.45, 2.75) is 20.4 Å². The van der Waals surface area contributed by atoms with Gasteiger partial charge in [0.15, 0.2) is 5.76 Å². The van der Waals surface area contributed by atoms with E-state index in [0.717, 1.165) is 38.3 Å². The van der Waals surface area contributed by atoms with Crippen LogP contribution < -0.4 is 5.43 Å². The maximum atomic E-state index is 12.7. The lowest BCUT2D eigenvalue weighted by Gasteiger charge is -2.05. The van der Waals surface area contributed by atoms with Crippen LogP contribution >= 0.6 is 0 Å². The fourth-order valence-corrected chi connectivity index (χ4v) is 4.16. The first-order valence-electron chi connectivity index (χ1n) is 10.3. The van der Waals surface area contributed by atoms with E-state index in [-0.39, 0.29) is 11.5 Å². The third-order valence-corrected chi connectivity index (χ3v) is 5.67. The number of benzene rings is 3. The molecule has 158 valence electrons. The van der Waals surface area contributed by atoms with E-state index in [0.29, 0.717) is 12.1 Å². The van der Waals surface area contributed by atoms with Gasteiger partial charge in [-0.2, -0.15) is 5.10 Å². The zero-order chi connectivity index (χ0) is 22.2. The standard InChI is InChI=1S/C26H21N3O3/c1-16(30)15-29-17(2)22(20-9-5-6-10-23(20)29)14-27-28-26(31)25-13-21-19-8-4-3-7-18(19)11-12-24(21)32-25/h3-14H,15H2,1-2H3,(H,28,31)/b27-14+. The number of hydrazone groups is 1. The van der Waals surface area contributed by atoms with Gasteiger partial charge in [-0.25, -0.2) is 5.43 Å². The maximum Gasteiger partial charge on any atom is 0.307 e. The van der Waals surface area contributed by atoms with Crippen molar-refractivity contribution in [1.82, 2.24) is 9.99 Å². The van der Waals surface area contributed by atoms with Crippen molar-refractivity contribution in [1.29, 1.82) is 0 Å². The van der Waals surface area contributed by atoms with Crippen LogP contribution in [-0.2, 0) is 11.3 Å². The Labute approximate surface area is 184 Å². The molecule has 0 saturated carbocycles. The van der Waals surface area contributed by atoms with E-state index in [1.807, 2.05) is 72.2 Å². The van der Waals surface area contributed by atoms with Crippen LogP contribution in [-0.4, -0.2) is 22.5 Å². The minimum atomic E-state index is -0.424. The first-order chi connectivity index (χ1) is 15.5. The first-order valence-corrected chi connectivity index (χ1v) is 10.3. The van der Waals surface area contributed by atoms with Gasteiger partial charge in [0.1, 0.15) is 11.4 Å². The number of fused-ring (bicyclic) bond motifs is 4. The Morgan fingerprint density at radius 1 is 1.00 bits per heavy atom. The fraction of sp³-hybridized carbons (Fsp3) is 0.115. The molecular formula is C26H21N3O3. The van der Waals surface area contributed by atoms with E-state index in [4.69, 9.17) is 4.42 Å². The third kappa shape index (κ3) is 3.36. The highest BCUT2D eigenvalue weighted by molar-refractivity contribution is 6.09. The minimum absolute atomic E-state index is 0.0723. The van der Waals surface area contributed by atoms with Crippen LogP contribution in [0, 0.1) is 6.92 Å². The minimum Gasteiger partial charge on any atom is -0.451 e. The largest absolute Gasteiger partial charge is 0.451 e. The van der Waals surface area contributed by atoms with Crippen LogP contribution in [0.15, 0.2) is 76.2 Å². The van der Waals surface area contributed by atoms with Gasteiger partial charge >= 0.3 is 5.91 Å². The van der Waals surface area contributed by atoms with E-state index in [2.05, 4.69) is 10.5 Å². The number of nitrogens with one attached hydrogen (secondary N) is 1. The van der Waals surface area contributed by atoms with Crippen LogP contribution in [0.5, 0.6) is 0 Å². The molecule has 0 aliphatic heterocycles. The predicted molar refractivity (Wildman–Crippen MR) is 126 cm³/mol. The van der Waals surface area contributed by atoms with Gasteiger partial charge in [0.2, 0.25) is 0 Å². The molecule has 2 heterocycles. The summed E-state index contributed by atoms with van der Waals surface area (Å²) < 4.78 is 7.72. The molecule has 2 aromatic heterocycles. The zero-order valence-electron chi connectivity index (χ0n) is 17.8. The van der Waals surface area contributed by atoms with Crippen molar-refractivity contribution < 1.29 is 14.0 Å². The number of carbonyl (C=O) groups excluding carboxylic acids is 2. The average molecular weight is 423 g/mol. The molecule has 6 nitrogen and oxygen atoms in total. The lowest BCUT2D eigenvalue weighted by atomic mass is 10.1. The second-order valence-corrected chi connectivity index (χ2v) is 7.81. The summed E-state index contributed by atoms with van der Waals surface area (Å²) in [7, 11) is 0. The van der Waals surface area contributed by atoms with Gasteiger partial charge in [-0.1, -0.05) is 48.5 Å². The summed E-state index contributed by atoms with van der Waals surface area (Å²) >= 11 is 0. The summed E-state index contributed by atoms with van der Waals surface area (Å²) in [6.07, 6.45) is 1.62. The summed E-state index contributed by atoms with van der Waals surface area (Å²) in [5.74, 6) is -0.154. The summed E-state index contributed by atoms with van der Waals surface area (Å²) in [4.78, 5) is 24.4. The van der Waals surface area contributed by atoms with Crippen molar-refractivity contribution in [3.05, 3.63) is 83.7 Å². The molecule has 0 atom stereocenters. The van der Waals surface area contributed by atoms with Crippen LogP contribution in [0.4, 0.5) is 0 Å². The number of hydrogen-bond acceptors (Lipinski definition) is 4. The molecule has 0 bridgehead atoms. The molecule has 0 fully saturated rings. The van der Waals surface area contributed by atoms with E-state index in [1.165, 1.54) is 0 Å². The molecule has 3 aromatic carbocycles. The Hall–Kier alpha value is -4.19. The Morgan fingerprint density at radius 3 is 2.56 bits per heavy atom. The van der Waals surface area contributed by atoms with E-state index in [9.17, 15) is 9.59 Å². The number of aromatic nitrogens is 1. The Kier molecular flexibility index (Phi) is 4.82. The number of carbonyl (C=O) groups is 2. The SMILES string of the molecule is CC(=O)Cn1c(C)c(/C=N/NC(=O)c2cc3c(ccc4ccccc43)o2)c2ccccc21. The molecule has 32 heavy (non-hydrogen) atoms. The van der Waals surface area contributed by atoms with Crippen molar-refractivity contribution in [3.63, 3.8) is 0 Å². The van der Waals surface area contributed by atoms with Crippen molar-refractivity contribution in [3.8, 4) is 0 Å². The van der Waals surface area contributed by atoms with Crippen LogP contribution in [0.25, 0.3) is 32.6 Å². The van der Waals surface area contributed by atoms with Gasteiger partial charge < -0.3 is 8.98 Å². The van der Waals surface area contributed by atoms with Crippen molar-refractivity contribution in [2.24, 2.45) is 5.10 Å². The summed E-state index contributed by atoms with van der Waals surface area (Å²) in [5.41, 5.74) is 5.94. The molecule has 5 aromatic rings. The van der Waals surface area contributed by atoms with Gasteiger partial charge in [-0.3, -0.25) is 9.59 Å². The highest BCUT2D eigenvalue weighted by Crippen LogP contribution is 2.28. The summed E-state index contributed by atoms with van der Waals surface area (Å²) in [6, 6.07) is 21.4. The van der Waals surface area contributed by atoms with E-state index < -0.39 is 5.91 Å². The fourth-order valence-electron chi connectivity index (χ4n) is 4.16. The van der Waals surface area contributed by atoms with Gasteiger partial charge in [0.05, 0.1) is 12.8 Å². The second-order valence-electron chi connectivity index (χ2n) is 7.81. The number of rotatable bonds is 5. The smallest absolute Gasteiger partial charge is 0.307 e. The highest BCUT2D eigenvalue weighted by atomic mass is 16.3. The summed E-state index contributed by atoms with van der Waals surface area (Å²) in [5, 5.41) is 8.15. The molecule has 0 saturated heterocycles. The van der Waals surface area contributed by atoms with Crippen LogP contribution in [0.3, 0.4) is 0 Å². The average Bonchev–Trinajstić information content (AvgIpc) is 3.34. The van der Waals surface area contributed by atoms with Gasteiger partial charge in [-0.05, 0) is 42.8 Å². The quantitative estimate of drug-likeness (QED) is 0.312. The number of para-hydroxylation sites is 1. The number of furan rings is 1. The topological polar surface area (TPSA) is 76.6 Å². The first kappa shape index (κ1) is 19.8.